The summed E-state index contributed by atoms with van der Waals surface area (Å²) in [5.41, 5.74) is 2.76. The van der Waals surface area contributed by atoms with Crippen molar-refractivity contribution in [3.8, 4) is 0 Å². The summed E-state index contributed by atoms with van der Waals surface area (Å²) in [4.78, 5) is 0. The first-order valence-corrected chi connectivity index (χ1v) is 5.19. The SMILES string of the molecule is CC1(C)C2CC3C4C5C[C@@]35[C@]421. The van der Waals surface area contributed by atoms with Gasteiger partial charge in [0.15, 0.2) is 0 Å². The first kappa shape index (κ1) is 4.89. The maximum absolute atomic E-state index is 2.54. The summed E-state index contributed by atoms with van der Waals surface area (Å²) >= 11 is 0. The van der Waals surface area contributed by atoms with Gasteiger partial charge in [-0.25, -0.2) is 0 Å². The topological polar surface area (TPSA) is 0 Å². The Hall–Kier alpha value is 0. The van der Waals surface area contributed by atoms with Gasteiger partial charge in [0.05, 0.1) is 0 Å². The van der Waals surface area contributed by atoms with Gasteiger partial charge in [-0.3, -0.25) is 0 Å². The van der Waals surface area contributed by atoms with Gasteiger partial charge in [0.2, 0.25) is 0 Å². The molecular formula is C11H14. The highest BCUT2D eigenvalue weighted by atomic mass is 15.1. The van der Waals surface area contributed by atoms with E-state index in [0.717, 1.165) is 16.2 Å². The predicted molar refractivity (Wildman–Crippen MR) is 41.8 cm³/mol. The van der Waals surface area contributed by atoms with E-state index in [1.807, 2.05) is 0 Å². The Balaban J connectivity index is 1.87. The highest BCUT2D eigenvalue weighted by Gasteiger charge is 3.09. The third-order valence-corrected chi connectivity index (χ3v) is 6.78. The van der Waals surface area contributed by atoms with Crippen LogP contribution in [0.4, 0.5) is 0 Å². The van der Waals surface area contributed by atoms with Gasteiger partial charge in [-0.1, -0.05) is 13.8 Å². The molecule has 0 amide bonds. The van der Waals surface area contributed by atoms with Crippen molar-refractivity contribution < 1.29 is 0 Å². The molecule has 0 saturated heterocycles. The molecule has 0 heterocycles. The standard InChI is InChI=1S/C11H14/c1-9(2)7-3-5-8-6-4-10(5,6)11(7,8)9/h5-8H,3-4H2,1-2H3/t5?,6?,7?,8?,10-,11+/m1/s1. The molecule has 58 valence electrons. The van der Waals surface area contributed by atoms with E-state index in [0.29, 0.717) is 0 Å². The number of rotatable bonds is 0. The van der Waals surface area contributed by atoms with Crippen LogP contribution in [0.1, 0.15) is 26.7 Å². The van der Waals surface area contributed by atoms with Crippen LogP contribution in [0.3, 0.4) is 0 Å². The lowest BCUT2D eigenvalue weighted by molar-refractivity contribution is -0.189. The molecule has 0 aromatic rings. The highest BCUT2D eigenvalue weighted by molar-refractivity contribution is 5.56. The van der Waals surface area contributed by atoms with Gasteiger partial charge in [-0.2, -0.15) is 0 Å². The molecule has 6 atom stereocenters. The maximum Gasteiger partial charge on any atom is -0.0114 e. The molecular weight excluding hydrogens is 132 g/mol. The zero-order chi connectivity index (χ0) is 7.22. The minimum atomic E-state index is 0.791. The Bertz CT molecular complexity index is 312. The highest BCUT2D eigenvalue weighted by Crippen LogP contribution is 3.13. The lowest BCUT2D eigenvalue weighted by Gasteiger charge is -2.65. The predicted octanol–water partition coefficient (Wildman–Crippen LogP) is 2.30. The van der Waals surface area contributed by atoms with Crippen LogP contribution in [0.15, 0.2) is 0 Å². The third-order valence-electron chi connectivity index (χ3n) is 6.78. The monoisotopic (exact) mass is 146 g/mol. The van der Waals surface area contributed by atoms with Crippen LogP contribution in [-0.2, 0) is 0 Å². The van der Waals surface area contributed by atoms with Gasteiger partial charge >= 0.3 is 0 Å². The second-order valence-corrected chi connectivity index (χ2v) is 6.36. The van der Waals surface area contributed by atoms with Gasteiger partial charge in [0, 0.05) is 0 Å². The minimum absolute atomic E-state index is 0.791. The summed E-state index contributed by atoms with van der Waals surface area (Å²) in [7, 11) is 0. The smallest absolute Gasteiger partial charge is 0.0114 e. The second-order valence-electron chi connectivity index (χ2n) is 6.36. The summed E-state index contributed by atoms with van der Waals surface area (Å²) < 4.78 is 0. The molecule has 4 bridgehead atoms. The van der Waals surface area contributed by atoms with Crippen LogP contribution in [-0.4, -0.2) is 0 Å². The van der Waals surface area contributed by atoms with Gasteiger partial charge in [0.25, 0.3) is 0 Å². The molecule has 2 spiro atoms. The van der Waals surface area contributed by atoms with E-state index in [1.165, 1.54) is 23.7 Å². The largest absolute Gasteiger partial charge is 0.0590 e. The fourth-order valence-corrected chi connectivity index (χ4v) is 6.78. The molecule has 0 heteroatoms. The average molecular weight is 146 g/mol. The molecule has 11 heavy (non-hydrogen) atoms. The first-order chi connectivity index (χ1) is 5.19. The third kappa shape index (κ3) is 0.172. The fraction of sp³-hybridized carbons (Fsp3) is 1.00. The van der Waals surface area contributed by atoms with Crippen molar-refractivity contribution in [1.29, 1.82) is 0 Å². The quantitative estimate of drug-likeness (QED) is 0.492. The Kier molecular flexibility index (Phi) is 0.352. The van der Waals surface area contributed by atoms with Crippen LogP contribution < -0.4 is 0 Å². The zero-order valence-electron chi connectivity index (χ0n) is 7.22. The van der Waals surface area contributed by atoms with E-state index in [9.17, 15) is 0 Å². The molecule has 7 aliphatic carbocycles. The van der Waals surface area contributed by atoms with Crippen molar-refractivity contribution in [2.75, 3.05) is 0 Å². The van der Waals surface area contributed by atoms with Crippen LogP contribution in [0.25, 0.3) is 0 Å². The molecule has 0 nitrogen and oxygen atoms in total. The molecule has 7 saturated carbocycles. The van der Waals surface area contributed by atoms with Gasteiger partial charge in [0.1, 0.15) is 0 Å². The van der Waals surface area contributed by atoms with Crippen LogP contribution in [0.5, 0.6) is 0 Å². The molecule has 0 aliphatic heterocycles. The molecule has 0 aromatic carbocycles. The van der Waals surface area contributed by atoms with E-state index < -0.39 is 0 Å². The van der Waals surface area contributed by atoms with Crippen molar-refractivity contribution >= 4 is 0 Å². The van der Waals surface area contributed by atoms with Gasteiger partial charge in [-0.05, 0) is 52.8 Å². The summed E-state index contributed by atoms with van der Waals surface area (Å²) in [6.07, 6.45) is 3.29. The van der Waals surface area contributed by atoms with E-state index in [-0.39, 0.29) is 0 Å². The van der Waals surface area contributed by atoms with E-state index in [2.05, 4.69) is 13.8 Å². The average Bonchev–Trinajstić information content (AvgIpc) is 2.52. The summed E-state index contributed by atoms with van der Waals surface area (Å²) in [6, 6.07) is 0. The van der Waals surface area contributed by atoms with Crippen molar-refractivity contribution in [1.82, 2.24) is 0 Å². The van der Waals surface area contributed by atoms with E-state index in [1.54, 1.807) is 12.8 Å². The van der Waals surface area contributed by atoms with Crippen molar-refractivity contribution in [3.05, 3.63) is 0 Å². The van der Waals surface area contributed by atoms with Crippen LogP contribution in [0, 0.1) is 39.9 Å². The minimum Gasteiger partial charge on any atom is -0.0590 e. The van der Waals surface area contributed by atoms with E-state index >= 15 is 0 Å². The summed E-state index contributed by atoms with van der Waals surface area (Å²) in [6.45, 7) is 5.08. The molecule has 7 aliphatic rings. The van der Waals surface area contributed by atoms with Gasteiger partial charge < -0.3 is 0 Å². The number of hydrogen-bond donors (Lipinski definition) is 0. The fourth-order valence-electron chi connectivity index (χ4n) is 6.78. The first-order valence-electron chi connectivity index (χ1n) is 5.19. The van der Waals surface area contributed by atoms with Gasteiger partial charge in [-0.15, -0.1) is 0 Å². The Morgan fingerprint density at radius 1 is 1.18 bits per heavy atom. The molecule has 0 aromatic heterocycles. The van der Waals surface area contributed by atoms with Crippen LogP contribution >= 0.6 is 0 Å². The zero-order valence-corrected chi connectivity index (χ0v) is 7.22. The van der Waals surface area contributed by atoms with Crippen LogP contribution in [0.2, 0.25) is 0 Å². The summed E-state index contributed by atoms with van der Waals surface area (Å²) in [5, 5.41) is 0. The number of hydrogen-bond acceptors (Lipinski definition) is 0. The molecule has 7 rings (SSSR count). The van der Waals surface area contributed by atoms with Crippen molar-refractivity contribution in [2.24, 2.45) is 39.9 Å². The Morgan fingerprint density at radius 3 is 2.27 bits per heavy atom. The molecule has 0 radical (unpaired) electrons. The van der Waals surface area contributed by atoms with Crippen molar-refractivity contribution in [3.63, 3.8) is 0 Å². The van der Waals surface area contributed by atoms with E-state index in [4.69, 9.17) is 0 Å². The maximum atomic E-state index is 2.54. The molecule has 4 unspecified atom stereocenters. The Labute approximate surface area is 67.4 Å². The lowest BCUT2D eigenvalue weighted by Crippen LogP contribution is -2.62. The molecule has 7 fully saturated rings. The normalized spacial score (nSPS) is 87.8. The summed E-state index contributed by atoms with van der Waals surface area (Å²) in [5.74, 6) is 4.95. The molecule has 0 N–H and O–H groups in total. The van der Waals surface area contributed by atoms with Crippen molar-refractivity contribution in [2.45, 2.75) is 26.7 Å². The lowest BCUT2D eigenvalue weighted by atomic mass is 9.39. The second kappa shape index (κ2) is 0.791. The Morgan fingerprint density at radius 2 is 2.00 bits per heavy atom.